The minimum Gasteiger partial charge on any atom is -0.497 e. The van der Waals surface area contributed by atoms with E-state index in [2.05, 4.69) is 4.90 Å². The first-order chi connectivity index (χ1) is 13.1. The van der Waals surface area contributed by atoms with Crippen molar-refractivity contribution in [2.75, 3.05) is 20.3 Å². The van der Waals surface area contributed by atoms with E-state index in [4.69, 9.17) is 9.94 Å². The van der Waals surface area contributed by atoms with Crippen LogP contribution in [0.3, 0.4) is 0 Å². The normalized spacial score (nSPS) is 11.1. The zero-order chi connectivity index (χ0) is 19.2. The molecule has 3 aromatic rings. The quantitative estimate of drug-likeness (QED) is 0.410. The standard InChI is InChI=1S/C20H22N2O4S/c1-26-17-6-3-14(4-7-17)12-22(8-9-23)13-15-2-5-16-11-19(20(24)21-25)27-18(16)10-15/h2-7,10-11,23,25H,8-9,12-13H2,1H3,(H,21,24). The van der Waals surface area contributed by atoms with Crippen LogP contribution in [0, 0.1) is 0 Å². The van der Waals surface area contributed by atoms with Gasteiger partial charge in [0.2, 0.25) is 0 Å². The van der Waals surface area contributed by atoms with Gasteiger partial charge in [0.05, 0.1) is 18.6 Å². The molecule has 0 radical (unpaired) electrons. The van der Waals surface area contributed by atoms with E-state index in [-0.39, 0.29) is 6.61 Å². The summed E-state index contributed by atoms with van der Waals surface area (Å²) in [4.78, 5) is 14.2. The maximum absolute atomic E-state index is 11.6. The Labute approximate surface area is 161 Å². The third kappa shape index (κ3) is 4.84. The van der Waals surface area contributed by atoms with E-state index in [1.54, 1.807) is 18.7 Å². The van der Waals surface area contributed by atoms with Crippen LogP contribution in [0.1, 0.15) is 20.8 Å². The summed E-state index contributed by atoms with van der Waals surface area (Å²) in [6.45, 7) is 2.04. The molecule has 0 unspecified atom stereocenters. The Morgan fingerprint density at radius 3 is 2.48 bits per heavy atom. The number of benzene rings is 2. The molecule has 0 bridgehead atoms. The number of nitrogens with one attached hydrogen (secondary N) is 1. The van der Waals surface area contributed by atoms with E-state index in [1.807, 2.05) is 42.5 Å². The summed E-state index contributed by atoms with van der Waals surface area (Å²) < 4.78 is 6.17. The van der Waals surface area contributed by atoms with Crippen molar-refractivity contribution in [1.82, 2.24) is 10.4 Å². The van der Waals surface area contributed by atoms with E-state index in [0.717, 1.165) is 27.0 Å². The number of amides is 1. The predicted molar refractivity (Wildman–Crippen MR) is 105 cm³/mol. The molecule has 1 heterocycles. The highest BCUT2D eigenvalue weighted by molar-refractivity contribution is 7.20. The Morgan fingerprint density at radius 1 is 1.11 bits per heavy atom. The molecule has 0 spiro atoms. The van der Waals surface area contributed by atoms with Crippen LogP contribution in [-0.2, 0) is 13.1 Å². The molecule has 3 N–H and O–H groups in total. The Balaban J connectivity index is 1.75. The number of hydrogen-bond acceptors (Lipinski definition) is 6. The molecule has 1 amide bonds. The van der Waals surface area contributed by atoms with Crippen molar-refractivity contribution in [3.63, 3.8) is 0 Å². The zero-order valence-corrected chi connectivity index (χ0v) is 15.8. The van der Waals surface area contributed by atoms with Crippen molar-refractivity contribution in [1.29, 1.82) is 0 Å². The summed E-state index contributed by atoms with van der Waals surface area (Å²) in [6.07, 6.45) is 0. The zero-order valence-electron chi connectivity index (χ0n) is 15.0. The second kappa shape index (κ2) is 8.96. The Morgan fingerprint density at radius 2 is 1.81 bits per heavy atom. The lowest BCUT2D eigenvalue weighted by atomic mass is 10.1. The van der Waals surface area contributed by atoms with Gasteiger partial charge >= 0.3 is 0 Å². The fraction of sp³-hybridized carbons (Fsp3) is 0.250. The molecular weight excluding hydrogens is 364 g/mol. The number of ether oxygens (including phenoxy) is 1. The van der Waals surface area contributed by atoms with Crippen molar-refractivity contribution < 1.29 is 19.8 Å². The summed E-state index contributed by atoms with van der Waals surface area (Å²) in [7, 11) is 1.64. The van der Waals surface area contributed by atoms with Crippen LogP contribution < -0.4 is 10.2 Å². The van der Waals surface area contributed by atoms with Gasteiger partial charge in [-0.1, -0.05) is 24.3 Å². The van der Waals surface area contributed by atoms with Crippen molar-refractivity contribution in [3.05, 3.63) is 64.5 Å². The highest BCUT2D eigenvalue weighted by Gasteiger charge is 2.11. The molecule has 0 aliphatic carbocycles. The van der Waals surface area contributed by atoms with Gasteiger partial charge in [0.25, 0.3) is 5.91 Å². The predicted octanol–water partition coefficient (Wildman–Crippen LogP) is 3.02. The van der Waals surface area contributed by atoms with Crippen LogP contribution in [0.4, 0.5) is 0 Å². The maximum atomic E-state index is 11.6. The van der Waals surface area contributed by atoms with Crippen LogP contribution in [0.5, 0.6) is 5.75 Å². The topological polar surface area (TPSA) is 82.0 Å². The first-order valence-corrected chi connectivity index (χ1v) is 9.37. The van der Waals surface area contributed by atoms with Gasteiger partial charge in [-0.15, -0.1) is 11.3 Å². The highest BCUT2D eigenvalue weighted by Crippen LogP contribution is 2.27. The van der Waals surface area contributed by atoms with Gasteiger partial charge in [0, 0.05) is 24.3 Å². The Bertz CT molecular complexity index is 908. The first kappa shape index (κ1) is 19.3. The van der Waals surface area contributed by atoms with Crippen molar-refractivity contribution in [2.45, 2.75) is 13.1 Å². The van der Waals surface area contributed by atoms with Crippen molar-refractivity contribution in [3.8, 4) is 5.75 Å². The summed E-state index contributed by atoms with van der Waals surface area (Å²) in [5, 5.41) is 19.2. The molecule has 142 valence electrons. The molecule has 0 fully saturated rings. The third-order valence-electron chi connectivity index (χ3n) is 4.30. The van der Waals surface area contributed by atoms with Gasteiger partial charge < -0.3 is 9.84 Å². The second-order valence-electron chi connectivity index (χ2n) is 6.21. The second-order valence-corrected chi connectivity index (χ2v) is 7.29. The lowest BCUT2D eigenvalue weighted by molar-refractivity contribution is 0.0711. The van der Waals surface area contributed by atoms with Gasteiger partial charge in [0.15, 0.2) is 0 Å². The summed E-state index contributed by atoms with van der Waals surface area (Å²) >= 11 is 1.34. The number of thiophene rings is 1. The molecule has 6 nitrogen and oxygen atoms in total. The number of nitrogens with zero attached hydrogens (tertiary/aromatic N) is 1. The average molecular weight is 386 g/mol. The molecule has 7 heteroatoms. The molecule has 2 aromatic carbocycles. The highest BCUT2D eigenvalue weighted by atomic mass is 32.1. The summed E-state index contributed by atoms with van der Waals surface area (Å²) in [5.74, 6) is 0.317. The van der Waals surface area contributed by atoms with E-state index in [0.29, 0.717) is 24.5 Å². The van der Waals surface area contributed by atoms with E-state index >= 15 is 0 Å². The minimum atomic E-state index is -0.501. The van der Waals surface area contributed by atoms with E-state index in [1.165, 1.54) is 11.3 Å². The lowest BCUT2D eigenvalue weighted by Gasteiger charge is -2.21. The fourth-order valence-electron chi connectivity index (χ4n) is 2.94. The van der Waals surface area contributed by atoms with Gasteiger partial charge in [-0.25, -0.2) is 5.48 Å². The lowest BCUT2D eigenvalue weighted by Crippen LogP contribution is -2.26. The molecule has 0 aliphatic rings. The summed E-state index contributed by atoms with van der Waals surface area (Å²) in [5.41, 5.74) is 3.91. The number of hydrogen-bond donors (Lipinski definition) is 3. The van der Waals surface area contributed by atoms with Crippen LogP contribution in [-0.4, -0.2) is 41.4 Å². The van der Waals surface area contributed by atoms with Crippen molar-refractivity contribution in [2.24, 2.45) is 0 Å². The van der Waals surface area contributed by atoms with Crippen molar-refractivity contribution >= 4 is 27.3 Å². The van der Waals surface area contributed by atoms with Crippen LogP contribution in [0.25, 0.3) is 10.1 Å². The SMILES string of the molecule is COc1ccc(CN(CCO)Cc2ccc3cc(C(=O)NO)sc3c2)cc1. The maximum Gasteiger partial charge on any atom is 0.284 e. The number of aliphatic hydroxyl groups excluding tert-OH is 1. The molecule has 0 atom stereocenters. The largest absolute Gasteiger partial charge is 0.497 e. The Hall–Kier alpha value is -2.45. The average Bonchev–Trinajstić information content (AvgIpc) is 3.11. The molecule has 3 rings (SSSR count). The van der Waals surface area contributed by atoms with Crippen LogP contribution in [0.2, 0.25) is 0 Å². The fourth-order valence-corrected chi connectivity index (χ4v) is 3.96. The number of rotatable bonds is 8. The van der Waals surface area contributed by atoms with Gasteiger partial charge in [0.1, 0.15) is 5.75 Å². The van der Waals surface area contributed by atoms with E-state index < -0.39 is 5.91 Å². The molecule has 27 heavy (non-hydrogen) atoms. The van der Waals surface area contributed by atoms with Crippen LogP contribution in [0.15, 0.2) is 48.5 Å². The first-order valence-electron chi connectivity index (χ1n) is 8.56. The molecule has 0 saturated heterocycles. The number of aliphatic hydroxyl groups is 1. The number of carbonyl (C=O) groups excluding carboxylic acids is 1. The number of fused-ring (bicyclic) bond motifs is 1. The van der Waals surface area contributed by atoms with E-state index in [9.17, 15) is 9.90 Å². The Kier molecular flexibility index (Phi) is 6.41. The molecular formula is C20H22N2O4S. The minimum absolute atomic E-state index is 0.0816. The molecule has 0 aliphatic heterocycles. The smallest absolute Gasteiger partial charge is 0.284 e. The number of carbonyl (C=O) groups is 1. The molecule has 1 aromatic heterocycles. The van der Waals surface area contributed by atoms with Gasteiger partial charge in [-0.3, -0.25) is 14.9 Å². The molecule has 0 saturated carbocycles. The monoisotopic (exact) mass is 386 g/mol. The van der Waals surface area contributed by atoms with Gasteiger partial charge in [-0.2, -0.15) is 0 Å². The number of methoxy groups -OCH3 is 1. The van der Waals surface area contributed by atoms with Gasteiger partial charge in [-0.05, 0) is 40.8 Å². The summed E-state index contributed by atoms with van der Waals surface area (Å²) in [6, 6.07) is 15.7. The number of hydroxylamine groups is 1. The third-order valence-corrected chi connectivity index (χ3v) is 5.39. The van der Waals surface area contributed by atoms with Crippen LogP contribution >= 0.6 is 11.3 Å².